The van der Waals surface area contributed by atoms with Crippen molar-refractivity contribution in [3.8, 4) is 0 Å². The molecular weight excluding hydrogens is 216 g/mol. The molecule has 0 aliphatic rings. The van der Waals surface area contributed by atoms with Crippen molar-refractivity contribution in [2.24, 2.45) is 0 Å². The topological polar surface area (TPSA) is 55.1 Å². The van der Waals surface area contributed by atoms with E-state index in [1.165, 1.54) is 0 Å². The highest BCUT2D eigenvalue weighted by Crippen LogP contribution is 2.22. The average Bonchev–Trinajstić information content (AvgIpc) is 2.59. The molecule has 0 bridgehead atoms. The number of nitrogens with zero attached hydrogens (tertiary/aromatic N) is 1. The van der Waals surface area contributed by atoms with E-state index >= 15 is 0 Å². The van der Waals surface area contributed by atoms with Crippen LogP contribution in [0.1, 0.15) is 13.3 Å². The fourth-order valence-electron chi connectivity index (χ4n) is 1.16. The zero-order valence-corrected chi connectivity index (χ0v) is 8.84. The molecule has 15 heavy (non-hydrogen) atoms. The summed E-state index contributed by atoms with van der Waals surface area (Å²) in [5, 5.41) is 3.12. The highest BCUT2D eigenvalue weighted by molar-refractivity contribution is 6.31. The number of rotatable bonds is 2. The summed E-state index contributed by atoms with van der Waals surface area (Å²) in [6.45, 7) is 1.76. The monoisotopic (exact) mass is 224 g/mol. The van der Waals surface area contributed by atoms with Gasteiger partial charge in [-0.2, -0.15) is 4.98 Å². The molecule has 0 fully saturated rings. The van der Waals surface area contributed by atoms with Crippen molar-refractivity contribution in [2.75, 3.05) is 5.32 Å². The van der Waals surface area contributed by atoms with E-state index in [9.17, 15) is 4.79 Å². The first-order valence-corrected chi connectivity index (χ1v) is 4.93. The number of aromatic nitrogens is 1. The van der Waals surface area contributed by atoms with Crippen LogP contribution < -0.4 is 5.32 Å². The van der Waals surface area contributed by atoms with Crippen LogP contribution in [0.5, 0.6) is 0 Å². The van der Waals surface area contributed by atoms with Crippen molar-refractivity contribution in [3.05, 3.63) is 23.2 Å². The number of amides is 1. The molecule has 1 N–H and O–H groups in total. The van der Waals surface area contributed by atoms with Gasteiger partial charge in [0.1, 0.15) is 5.52 Å². The van der Waals surface area contributed by atoms with Crippen molar-refractivity contribution < 1.29 is 9.21 Å². The lowest BCUT2D eigenvalue weighted by Crippen LogP contribution is -2.09. The number of benzene rings is 1. The van der Waals surface area contributed by atoms with Crippen LogP contribution in [0.4, 0.5) is 6.01 Å². The minimum atomic E-state index is -0.132. The van der Waals surface area contributed by atoms with Gasteiger partial charge >= 0.3 is 6.01 Å². The van der Waals surface area contributed by atoms with Gasteiger partial charge in [0.25, 0.3) is 0 Å². The summed E-state index contributed by atoms with van der Waals surface area (Å²) in [4.78, 5) is 15.2. The maximum Gasteiger partial charge on any atom is 0.302 e. The van der Waals surface area contributed by atoms with Gasteiger partial charge in [-0.1, -0.05) is 18.5 Å². The lowest BCUT2D eigenvalue weighted by Gasteiger charge is -1.94. The zero-order chi connectivity index (χ0) is 10.8. The Morgan fingerprint density at radius 2 is 2.40 bits per heavy atom. The summed E-state index contributed by atoms with van der Waals surface area (Å²) >= 11 is 5.79. The SMILES string of the molecule is CCC(=O)Nc1nc2ccc(Cl)cc2o1. The Morgan fingerprint density at radius 3 is 3.13 bits per heavy atom. The fourth-order valence-corrected chi connectivity index (χ4v) is 1.32. The number of carbonyl (C=O) groups excluding carboxylic acids is 1. The van der Waals surface area contributed by atoms with E-state index in [-0.39, 0.29) is 11.9 Å². The number of carbonyl (C=O) groups is 1. The molecule has 0 spiro atoms. The molecule has 0 aliphatic carbocycles. The molecule has 1 aromatic heterocycles. The van der Waals surface area contributed by atoms with Gasteiger partial charge in [0.2, 0.25) is 5.91 Å². The molecule has 0 saturated heterocycles. The Morgan fingerprint density at radius 1 is 1.60 bits per heavy atom. The fraction of sp³-hybridized carbons (Fsp3) is 0.200. The summed E-state index contributed by atoms with van der Waals surface area (Å²) in [7, 11) is 0. The molecule has 0 aliphatic heterocycles. The van der Waals surface area contributed by atoms with Gasteiger partial charge in [0.15, 0.2) is 5.58 Å². The predicted octanol–water partition coefficient (Wildman–Crippen LogP) is 2.83. The van der Waals surface area contributed by atoms with Crippen LogP contribution in [0.3, 0.4) is 0 Å². The van der Waals surface area contributed by atoms with Crippen LogP contribution in [0.2, 0.25) is 5.02 Å². The Bertz CT molecular complexity index is 507. The van der Waals surface area contributed by atoms with Gasteiger partial charge in [-0.05, 0) is 12.1 Å². The molecular formula is C10H9ClN2O2. The second-order valence-corrected chi connectivity index (χ2v) is 3.47. The van der Waals surface area contributed by atoms with E-state index in [1.54, 1.807) is 25.1 Å². The molecule has 1 aromatic carbocycles. The molecule has 2 rings (SSSR count). The zero-order valence-electron chi connectivity index (χ0n) is 8.08. The molecule has 0 unspecified atom stereocenters. The lowest BCUT2D eigenvalue weighted by molar-refractivity contribution is -0.116. The largest absolute Gasteiger partial charge is 0.423 e. The Balaban J connectivity index is 2.34. The van der Waals surface area contributed by atoms with Crippen LogP contribution in [-0.4, -0.2) is 10.9 Å². The van der Waals surface area contributed by atoms with Crippen LogP contribution in [0, 0.1) is 0 Å². The van der Waals surface area contributed by atoms with Crippen molar-refractivity contribution >= 4 is 34.6 Å². The van der Waals surface area contributed by atoms with Gasteiger partial charge in [-0.15, -0.1) is 0 Å². The number of hydrogen-bond donors (Lipinski definition) is 1. The standard InChI is InChI=1S/C10H9ClN2O2/c1-2-9(14)13-10-12-7-4-3-6(11)5-8(7)15-10/h3-5H,2H2,1H3,(H,12,13,14). The number of nitrogens with one attached hydrogen (secondary N) is 1. The van der Waals surface area contributed by atoms with Gasteiger partial charge in [0.05, 0.1) is 0 Å². The van der Waals surface area contributed by atoms with Crippen LogP contribution >= 0.6 is 11.6 Å². The smallest absolute Gasteiger partial charge is 0.302 e. The average molecular weight is 225 g/mol. The molecule has 78 valence electrons. The van der Waals surface area contributed by atoms with E-state index in [1.807, 2.05) is 0 Å². The van der Waals surface area contributed by atoms with Crippen LogP contribution in [0.15, 0.2) is 22.6 Å². The number of fused-ring (bicyclic) bond motifs is 1. The van der Waals surface area contributed by atoms with Crippen LogP contribution in [0.25, 0.3) is 11.1 Å². The highest BCUT2D eigenvalue weighted by Gasteiger charge is 2.07. The third-order valence-corrected chi connectivity index (χ3v) is 2.15. The first kappa shape index (κ1) is 9.98. The summed E-state index contributed by atoms with van der Waals surface area (Å²) < 4.78 is 5.29. The number of halogens is 1. The molecule has 1 heterocycles. The predicted molar refractivity (Wildman–Crippen MR) is 57.9 cm³/mol. The summed E-state index contributed by atoms with van der Waals surface area (Å²) in [6.07, 6.45) is 0.388. The van der Waals surface area contributed by atoms with E-state index in [0.29, 0.717) is 22.5 Å². The van der Waals surface area contributed by atoms with Crippen molar-refractivity contribution in [3.63, 3.8) is 0 Å². The van der Waals surface area contributed by atoms with Gasteiger partial charge in [-0.3, -0.25) is 10.1 Å². The second-order valence-electron chi connectivity index (χ2n) is 3.03. The number of anilines is 1. The minimum absolute atomic E-state index is 0.132. The highest BCUT2D eigenvalue weighted by atomic mass is 35.5. The van der Waals surface area contributed by atoms with Crippen molar-refractivity contribution in [2.45, 2.75) is 13.3 Å². The molecule has 1 amide bonds. The number of hydrogen-bond acceptors (Lipinski definition) is 3. The lowest BCUT2D eigenvalue weighted by atomic mass is 10.3. The van der Waals surface area contributed by atoms with E-state index < -0.39 is 0 Å². The van der Waals surface area contributed by atoms with E-state index in [2.05, 4.69) is 10.3 Å². The maximum atomic E-state index is 11.1. The van der Waals surface area contributed by atoms with E-state index in [0.717, 1.165) is 0 Å². The summed E-state index contributed by atoms with van der Waals surface area (Å²) in [5.74, 6) is -0.132. The molecule has 2 aromatic rings. The first-order valence-electron chi connectivity index (χ1n) is 4.55. The Kier molecular flexibility index (Phi) is 2.60. The summed E-state index contributed by atoms with van der Waals surface area (Å²) in [5.41, 5.74) is 1.24. The number of oxazole rings is 1. The van der Waals surface area contributed by atoms with Crippen molar-refractivity contribution in [1.29, 1.82) is 0 Å². The normalized spacial score (nSPS) is 10.5. The molecule has 4 nitrogen and oxygen atoms in total. The molecule has 0 saturated carbocycles. The Hall–Kier alpha value is -1.55. The van der Waals surface area contributed by atoms with Crippen molar-refractivity contribution in [1.82, 2.24) is 4.98 Å². The molecule has 5 heteroatoms. The minimum Gasteiger partial charge on any atom is -0.423 e. The quantitative estimate of drug-likeness (QED) is 0.854. The molecule has 0 radical (unpaired) electrons. The third-order valence-electron chi connectivity index (χ3n) is 1.92. The van der Waals surface area contributed by atoms with Gasteiger partial charge < -0.3 is 4.42 Å². The maximum absolute atomic E-state index is 11.1. The van der Waals surface area contributed by atoms with Crippen LogP contribution in [-0.2, 0) is 4.79 Å². The first-order chi connectivity index (χ1) is 7.19. The third kappa shape index (κ3) is 2.10. The van der Waals surface area contributed by atoms with Gasteiger partial charge in [-0.25, -0.2) is 0 Å². The summed E-state index contributed by atoms with van der Waals surface area (Å²) in [6, 6.07) is 5.32. The Labute approximate surface area is 91.2 Å². The van der Waals surface area contributed by atoms with Gasteiger partial charge in [0, 0.05) is 17.5 Å². The second kappa shape index (κ2) is 3.90. The van der Waals surface area contributed by atoms with E-state index in [4.69, 9.17) is 16.0 Å². The molecule has 0 atom stereocenters.